The zero-order chi connectivity index (χ0) is 21.8. The van der Waals surface area contributed by atoms with Gasteiger partial charge in [-0.1, -0.05) is 32.0 Å². The molecular weight excluding hydrogens is 400 g/mol. The molecule has 4 nitrogen and oxygen atoms in total. The first-order chi connectivity index (χ1) is 13.4. The van der Waals surface area contributed by atoms with E-state index >= 15 is 0 Å². The van der Waals surface area contributed by atoms with E-state index in [1.165, 1.54) is 4.90 Å². The van der Waals surface area contributed by atoms with Crippen LogP contribution in [-0.4, -0.2) is 29.3 Å². The van der Waals surface area contributed by atoms with Gasteiger partial charge >= 0.3 is 12.4 Å². The van der Waals surface area contributed by atoms with Gasteiger partial charge in [0.1, 0.15) is 5.56 Å². The highest BCUT2D eigenvalue weighted by atomic mass is 19.4. The zero-order valence-corrected chi connectivity index (χ0v) is 16.1. The number of anilines is 2. The van der Waals surface area contributed by atoms with E-state index in [1.54, 1.807) is 19.1 Å². The molecule has 29 heavy (non-hydrogen) atoms. The van der Waals surface area contributed by atoms with E-state index in [-0.39, 0.29) is 5.95 Å². The highest BCUT2D eigenvalue weighted by Gasteiger charge is 2.38. The van der Waals surface area contributed by atoms with E-state index < -0.39 is 30.4 Å². The summed E-state index contributed by atoms with van der Waals surface area (Å²) in [4.78, 5) is 8.97. The van der Waals surface area contributed by atoms with Crippen molar-refractivity contribution in [2.24, 2.45) is 5.92 Å². The van der Waals surface area contributed by atoms with Gasteiger partial charge in [0.15, 0.2) is 6.61 Å². The van der Waals surface area contributed by atoms with Gasteiger partial charge in [-0.2, -0.15) is 31.3 Å². The number of benzene rings is 1. The van der Waals surface area contributed by atoms with Crippen molar-refractivity contribution < 1.29 is 31.1 Å². The molecule has 1 aromatic carbocycles. The zero-order valence-electron chi connectivity index (χ0n) is 16.1. The summed E-state index contributed by atoms with van der Waals surface area (Å²) >= 11 is 0. The molecule has 160 valence electrons. The van der Waals surface area contributed by atoms with Crippen LogP contribution in [0.25, 0.3) is 0 Å². The summed E-state index contributed by atoms with van der Waals surface area (Å²) in [7, 11) is 0. The lowest BCUT2D eigenvalue weighted by Gasteiger charge is -2.25. The molecule has 0 saturated carbocycles. The van der Waals surface area contributed by atoms with Crippen molar-refractivity contribution in [3.63, 3.8) is 0 Å². The van der Waals surface area contributed by atoms with E-state index in [4.69, 9.17) is 0 Å². The predicted molar refractivity (Wildman–Crippen MR) is 96.2 cm³/mol. The first-order valence-electron chi connectivity index (χ1n) is 8.91. The molecule has 10 heteroatoms. The second-order valence-corrected chi connectivity index (χ2v) is 6.76. The Morgan fingerprint density at radius 2 is 1.72 bits per heavy atom. The number of ether oxygens (including phenoxy) is 1. The Hall–Kier alpha value is -2.52. The molecule has 0 N–H and O–H groups in total. The van der Waals surface area contributed by atoms with Gasteiger partial charge in [-0.15, -0.1) is 0 Å². The van der Waals surface area contributed by atoms with Crippen molar-refractivity contribution in [2.75, 3.05) is 18.1 Å². The van der Waals surface area contributed by atoms with E-state index in [1.807, 2.05) is 26.0 Å². The van der Waals surface area contributed by atoms with Crippen LogP contribution < -0.4 is 9.64 Å². The predicted octanol–water partition coefficient (Wildman–Crippen LogP) is 5.79. The van der Waals surface area contributed by atoms with Gasteiger partial charge in [0.05, 0.1) is 0 Å². The molecule has 0 spiro atoms. The van der Waals surface area contributed by atoms with E-state index in [0.29, 0.717) is 30.8 Å². The second-order valence-electron chi connectivity index (χ2n) is 6.76. The van der Waals surface area contributed by atoms with Crippen molar-refractivity contribution in [1.29, 1.82) is 0 Å². The van der Waals surface area contributed by atoms with Crippen molar-refractivity contribution >= 4 is 11.6 Å². The van der Waals surface area contributed by atoms with Gasteiger partial charge in [0.2, 0.25) is 11.8 Å². The van der Waals surface area contributed by atoms with Crippen LogP contribution in [0.4, 0.5) is 38.0 Å². The van der Waals surface area contributed by atoms with Crippen LogP contribution >= 0.6 is 0 Å². The Balaban J connectivity index is 2.50. The number of rotatable bonds is 7. The summed E-state index contributed by atoms with van der Waals surface area (Å²) in [5.74, 6) is -1.01. The lowest BCUT2D eigenvalue weighted by atomic mass is 10.0. The maximum Gasteiger partial charge on any atom is 0.423 e. The monoisotopic (exact) mass is 421 g/mol. The molecule has 1 aromatic heterocycles. The number of hydrogen-bond acceptors (Lipinski definition) is 4. The molecule has 0 saturated heterocycles. The fraction of sp³-hybridized carbons (Fsp3) is 0.474. The average molecular weight is 421 g/mol. The number of aromatic nitrogens is 2. The van der Waals surface area contributed by atoms with Gasteiger partial charge in [0, 0.05) is 18.4 Å². The third-order valence-corrected chi connectivity index (χ3v) is 3.89. The van der Waals surface area contributed by atoms with Crippen molar-refractivity contribution in [3.05, 3.63) is 41.6 Å². The summed E-state index contributed by atoms with van der Waals surface area (Å²) in [6, 6.07) is 7.23. The molecule has 0 atom stereocenters. The number of nitrogens with zero attached hydrogens (tertiary/aromatic N) is 3. The van der Waals surface area contributed by atoms with Crippen LogP contribution in [0.3, 0.4) is 0 Å². The van der Waals surface area contributed by atoms with Gasteiger partial charge in [-0.3, -0.25) is 0 Å². The third kappa shape index (κ3) is 6.23. The first-order valence-corrected chi connectivity index (χ1v) is 8.91. The third-order valence-electron chi connectivity index (χ3n) is 3.89. The summed E-state index contributed by atoms with van der Waals surface area (Å²) in [5.41, 5.74) is 0.132. The Bertz CT molecular complexity index is 820. The lowest BCUT2D eigenvalue weighted by Crippen LogP contribution is -2.24. The number of alkyl halides is 6. The van der Waals surface area contributed by atoms with Crippen LogP contribution in [0.5, 0.6) is 5.88 Å². The van der Waals surface area contributed by atoms with Crippen LogP contribution in [0.15, 0.2) is 30.5 Å². The summed E-state index contributed by atoms with van der Waals surface area (Å²) < 4.78 is 81.3. The van der Waals surface area contributed by atoms with Crippen LogP contribution in [0.2, 0.25) is 0 Å². The highest BCUT2D eigenvalue weighted by Crippen LogP contribution is 2.37. The summed E-state index contributed by atoms with van der Waals surface area (Å²) in [6.07, 6.45) is -8.61. The number of para-hydroxylation sites is 1. The quantitative estimate of drug-likeness (QED) is 0.530. The summed E-state index contributed by atoms with van der Waals surface area (Å²) in [5, 5.41) is 0. The van der Waals surface area contributed by atoms with Crippen molar-refractivity contribution in [3.8, 4) is 5.88 Å². The van der Waals surface area contributed by atoms with Crippen LogP contribution in [0, 0.1) is 5.92 Å². The van der Waals surface area contributed by atoms with Gasteiger partial charge in [0.25, 0.3) is 0 Å². The van der Waals surface area contributed by atoms with Crippen molar-refractivity contribution in [2.45, 2.75) is 39.5 Å². The summed E-state index contributed by atoms with van der Waals surface area (Å²) in [6.45, 7) is 4.18. The smallest absolute Gasteiger partial charge is 0.423 e. The van der Waals surface area contributed by atoms with Crippen LogP contribution in [0.1, 0.15) is 31.9 Å². The Morgan fingerprint density at radius 3 is 2.28 bits per heavy atom. The maximum absolute atomic E-state index is 13.2. The molecule has 0 radical (unpaired) electrons. The van der Waals surface area contributed by atoms with Gasteiger partial charge < -0.3 is 9.64 Å². The maximum atomic E-state index is 13.2. The molecule has 0 bridgehead atoms. The minimum Gasteiger partial charge on any atom is -0.467 e. The molecule has 1 heterocycles. The van der Waals surface area contributed by atoms with Gasteiger partial charge in [-0.05, 0) is 30.9 Å². The SMILES string of the molecule is CCN(c1ncc(C(F)(F)F)c(OCC(F)(F)F)n1)c1ccccc1CC(C)C. The van der Waals surface area contributed by atoms with Crippen LogP contribution in [-0.2, 0) is 12.6 Å². The first kappa shape index (κ1) is 22.8. The molecule has 2 rings (SSSR count). The largest absolute Gasteiger partial charge is 0.467 e. The van der Waals surface area contributed by atoms with E-state index in [2.05, 4.69) is 14.7 Å². The Kier molecular flexibility index (Phi) is 6.97. The van der Waals surface area contributed by atoms with E-state index in [9.17, 15) is 26.3 Å². The average Bonchev–Trinajstić information content (AvgIpc) is 2.60. The molecule has 0 unspecified atom stereocenters. The fourth-order valence-electron chi connectivity index (χ4n) is 2.75. The number of halogens is 6. The molecule has 0 aliphatic rings. The molecular formula is C19H21F6N3O. The Morgan fingerprint density at radius 1 is 1.07 bits per heavy atom. The molecule has 2 aromatic rings. The molecule has 0 amide bonds. The lowest BCUT2D eigenvalue weighted by molar-refractivity contribution is -0.159. The standard InChI is InChI=1S/C19H21F6N3O/c1-4-28(15-8-6-5-7-13(15)9-12(2)3)17-26-10-14(19(23,24)25)16(27-17)29-11-18(20,21)22/h5-8,10,12H,4,9,11H2,1-3H3. The molecule has 0 aliphatic heterocycles. The fourth-order valence-corrected chi connectivity index (χ4v) is 2.75. The molecule has 0 fully saturated rings. The second kappa shape index (κ2) is 8.87. The highest BCUT2D eigenvalue weighted by molar-refractivity contribution is 5.62. The molecule has 0 aliphatic carbocycles. The minimum absolute atomic E-state index is 0.172. The topological polar surface area (TPSA) is 38.2 Å². The normalized spacial score (nSPS) is 12.3. The minimum atomic E-state index is -4.95. The Labute approximate surface area is 164 Å². The van der Waals surface area contributed by atoms with Gasteiger partial charge in [-0.25, -0.2) is 4.98 Å². The number of hydrogen-bond donors (Lipinski definition) is 0. The van der Waals surface area contributed by atoms with E-state index in [0.717, 1.165) is 5.56 Å². The van der Waals surface area contributed by atoms with Crippen molar-refractivity contribution in [1.82, 2.24) is 9.97 Å².